The van der Waals surface area contributed by atoms with E-state index in [1.807, 2.05) is 0 Å². The van der Waals surface area contributed by atoms with E-state index in [1.54, 1.807) is 0 Å². The number of aryl methyl sites for hydroxylation is 1. The lowest BCUT2D eigenvalue weighted by molar-refractivity contribution is 1.48. The maximum absolute atomic E-state index is 2.37. The molecule has 0 saturated heterocycles. The van der Waals surface area contributed by atoms with Crippen LogP contribution in [-0.2, 0) is 0 Å². The van der Waals surface area contributed by atoms with Gasteiger partial charge in [-0.25, -0.2) is 0 Å². The molecule has 0 heterocycles. The van der Waals surface area contributed by atoms with Crippen molar-refractivity contribution in [2.75, 3.05) is 6.16 Å². The summed E-state index contributed by atoms with van der Waals surface area (Å²) < 4.78 is 0. The smallest absolute Gasteiger partial charge is 0.00709 e. The lowest BCUT2D eigenvalue weighted by Gasteiger charge is -2.26. The first-order chi connectivity index (χ1) is 14.3. The fraction of sp³-hybridized carbons (Fsp3) is 0.111. The van der Waals surface area contributed by atoms with Crippen LogP contribution in [0.2, 0.25) is 0 Å². The first kappa shape index (κ1) is 20.0. The monoisotopic (exact) mass is 412 g/mol. The minimum absolute atomic E-state index is 0.379. The van der Waals surface area contributed by atoms with E-state index in [0.717, 1.165) is 6.16 Å². The molecule has 29 heavy (non-hydrogen) atoms. The average molecular weight is 412 g/mol. The molecule has 4 rings (SSSR count). The third-order valence-electron chi connectivity index (χ3n) is 5.10. The zero-order valence-electron chi connectivity index (χ0n) is 17.0. The third-order valence-corrected chi connectivity index (χ3v) is 10.3. The molecular weight excluding hydrogens is 386 g/mol. The van der Waals surface area contributed by atoms with Gasteiger partial charge >= 0.3 is 0 Å². The highest BCUT2D eigenvalue weighted by Crippen LogP contribution is 2.38. The summed E-state index contributed by atoms with van der Waals surface area (Å²) >= 11 is 0. The first-order valence-electron chi connectivity index (χ1n) is 10.1. The van der Waals surface area contributed by atoms with Crippen LogP contribution in [0.25, 0.3) is 0 Å². The molecule has 0 fully saturated rings. The van der Waals surface area contributed by atoms with Gasteiger partial charge in [0.2, 0.25) is 0 Å². The largest absolute Gasteiger partial charge is 0.0622 e. The molecule has 0 radical (unpaired) electrons. The molecule has 1 unspecified atom stereocenters. The van der Waals surface area contributed by atoms with E-state index in [4.69, 9.17) is 0 Å². The summed E-state index contributed by atoms with van der Waals surface area (Å²) in [5.41, 5.74) is 1.32. The molecule has 1 atom stereocenters. The van der Waals surface area contributed by atoms with Crippen LogP contribution in [0.4, 0.5) is 0 Å². The summed E-state index contributed by atoms with van der Waals surface area (Å²) in [4.78, 5) is 0. The predicted molar refractivity (Wildman–Crippen MR) is 133 cm³/mol. The topological polar surface area (TPSA) is 0 Å². The normalized spacial score (nSPS) is 12.1. The molecule has 0 spiro atoms. The maximum Gasteiger partial charge on any atom is -0.00709 e. The van der Waals surface area contributed by atoms with Crippen LogP contribution in [-0.4, -0.2) is 6.16 Å². The number of hydrogen-bond acceptors (Lipinski definition) is 0. The predicted octanol–water partition coefficient (Wildman–Crippen LogP) is 5.21. The van der Waals surface area contributed by atoms with Crippen molar-refractivity contribution < 1.29 is 0 Å². The van der Waals surface area contributed by atoms with E-state index in [0.29, 0.717) is 0 Å². The molecule has 2 heteroatoms. The molecule has 0 N–H and O–H groups in total. The van der Waals surface area contributed by atoms with Crippen molar-refractivity contribution in [3.63, 3.8) is 0 Å². The lowest BCUT2D eigenvalue weighted by Crippen LogP contribution is -2.32. The third kappa shape index (κ3) is 4.51. The molecule has 144 valence electrons. The van der Waals surface area contributed by atoms with Crippen molar-refractivity contribution >= 4 is 42.4 Å². The number of benzene rings is 4. The molecular formula is C27H26P2. The Morgan fingerprint density at radius 3 is 1.52 bits per heavy atom. The SMILES string of the molecule is CCP(c1ccc(C)cc1)c1ccccc1P(c1ccccc1)c1ccccc1. The zero-order chi connectivity index (χ0) is 20.1. The van der Waals surface area contributed by atoms with Gasteiger partial charge in [0.25, 0.3) is 0 Å². The van der Waals surface area contributed by atoms with Crippen molar-refractivity contribution in [1.29, 1.82) is 0 Å². The second kappa shape index (κ2) is 9.49. The summed E-state index contributed by atoms with van der Waals surface area (Å²) in [6.45, 7) is 4.49. The van der Waals surface area contributed by atoms with Gasteiger partial charge in [0, 0.05) is 0 Å². The van der Waals surface area contributed by atoms with E-state index in [1.165, 1.54) is 32.1 Å². The Morgan fingerprint density at radius 2 is 1.00 bits per heavy atom. The van der Waals surface area contributed by atoms with Gasteiger partial charge in [-0.2, -0.15) is 0 Å². The Hall–Kier alpha value is -2.26. The van der Waals surface area contributed by atoms with Crippen molar-refractivity contribution in [2.45, 2.75) is 13.8 Å². The Kier molecular flexibility index (Phi) is 6.56. The van der Waals surface area contributed by atoms with Gasteiger partial charge in [-0.1, -0.05) is 122 Å². The van der Waals surface area contributed by atoms with Crippen molar-refractivity contribution in [2.24, 2.45) is 0 Å². The van der Waals surface area contributed by atoms with Crippen molar-refractivity contribution in [1.82, 2.24) is 0 Å². The van der Waals surface area contributed by atoms with Gasteiger partial charge in [0.05, 0.1) is 0 Å². The van der Waals surface area contributed by atoms with Crippen molar-refractivity contribution in [3.8, 4) is 0 Å². The molecule has 4 aromatic carbocycles. The van der Waals surface area contributed by atoms with Crippen LogP contribution in [0.3, 0.4) is 0 Å². The standard InChI is InChI=1S/C27H26P2/c1-3-28(23-20-18-22(2)19-21-23)26-16-10-11-17-27(26)29(24-12-6-4-7-13-24)25-14-8-5-9-15-25/h4-21H,3H2,1-2H3. The highest BCUT2D eigenvalue weighted by molar-refractivity contribution is 7.83. The highest BCUT2D eigenvalue weighted by atomic mass is 31.1. The molecule has 0 aromatic heterocycles. The fourth-order valence-electron chi connectivity index (χ4n) is 3.68. The summed E-state index contributed by atoms with van der Waals surface area (Å²) in [5, 5.41) is 7.31. The first-order valence-corrected chi connectivity index (χ1v) is 13.0. The van der Waals surface area contributed by atoms with Gasteiger partial charge in [-0.3, -0.25) is 0 Å². The van der Waals surface area contributed by atoms with Crippen LogP contribution < -0.4 is 26.5 Å². The number of hydrogen-bond donors (Lipinski definition) is 0. The van der Waals surface area contributed by atoms with Crippen LogP contribution in [0.5, 0.6) is 0 Å². The van der Waals surface area contributed by atoms with E-state index in [2.05, 4.69) is 123 Å². The van der Waals surface area contributed by atoms with Gasteiger partial charge in [0.1, 0.15) is 0 Å². The summed E-state index contributed by atoms with van der Waals surface area (Å²) in [7, 11) is -0.964. The van der Waals surface area contributed by atoms with Crippen molar-refractivity contribution in [3.05, 3.63) is 115 Å². The van der Waals surface area contributed by atoms with Crippen LogP contribution in [0, 0.1) is 6.92 Å². The Morgan fingerprint density at radius 1 is 0.517 bits per heavy atom. The van der Waals surface area contributed by atoms with Gasteiger partial charge < -0.3 is 0 Å². The fourth-order valence-corrected chi connectivity index (χ4v) is 8.79. The average Bonchev–Trinajstić information content (AvgIpc) is 2.78. The quantitative estimate of drug-likeness (QED) is 0.382. The minimum Gasteiger partial charge on any atom is -0.0622 e. The van der Waals surface area contributed by atoms with E-state index < -0.39 is 7.92 Å². The van der Waals surface area contributed by atoms with E-state index in [-0.39, 0.29) is 7.92 Å². The van der Waals surface area contributed by atoms with Gasteiger partial charge in [-0.05, 0) is 55.5 Å². The molecule has 0 amide bonds. The Balaban J connectivity index is 1.88. The van der Waals surface area contributed by atoms with E-state index >= 15 is 0 Å². The summed E-state index contributed by atoms with van der Waals surface area (Å²) in [6, 6.07) is 40.3. The molecule has 4 aromatic rings. The molecule has 0 aliphatic carbocycles. The molecule has 0 bridgehead atoms. The van der Waals surface area contributed by atoms with Gasteiger partial charge in [0.15, 0.2) is 0 Å². The van der Waals surface area contributed by atoms with E-state index in [9.17, 15) is 0 Å². The van der Waals surface area contributed by atoms with Crippen LogP contribution >= 0.6 is 15.8 Å². The summed E-state index contributed by atoms with van der Waals surface area (Å²) in [5.74, 6) is 0. The van der Waals surface area contributed by atoms with Crippen LogP contribution in [0.1, 0.15) is 12.5 Å². The molecule has 0 aliphatic rings. The van der Waals surface area contributed by atoms with Crippen LogP contribution in [0.15, 0.2) is 109 Å². The molecule has 0 nitrogen and oxygen atoms in total. The summed E-state index contributed by atoms with van der Waals surface area (Å²) in [6.07, 6.45) is 1.15. The molecule has 0 saturated carbocycles. The number of rotatable bonds is 6. The second-order valence-corrected chi connectivity index (χ2v) is 11.7. The Labute approximate surface area is 177 Å². The zero-order valence-corrected chi connectivity index (χ0v) is 18.8. The molecule has 0 aliphatic heterocycles. The lowest BCUT2D eigenvalue weighted by atomic mass is 10.2. The second-order valence-electron chi connectivity index (χ2n) is 7.08. The maximum atomic E-state index is 2.37. The van der Waals surface area contributed by atoms with Gasteiger partial charge in [-0.15, -0.1) is 0 Å². The minimum atomic E-state index is -0.585. The highest BCUT2D eigenvalue weighted by Gasteiger charge is 2.23. The Bertz CT molecular complexity index is 1000.